The van der Waals surface area contributed by atoms with E-state index in [0.29, 0.717) is 17.9 Å². The molecule has 1 aromatic heterocycles. The van der Waals surface area contributed by atoms with E-state index in [1.807, 2.05) is 6.92 Å². The molecule has 0 saturated carbocycles. The number of nitrogens with zero attached hydrogens (tertiary/aromatic N) is 1. The molecule has 0 aliphatic rings. The summed E-state index contributed by atoms with van der Waals surface area (Å²) in [5.74, 6) is 2.48. The van der Waals surface area contributed by atoms with Gasteiger partial charge in [-0.2, -0.15) is 0 Å². The molecule has 6 nitrogen and oxygen atoms in total. The lowest BCUT2D eigenvalue weighted by Crippen LogP contribution is -2.30. The smallest absolute Gasteiger partial charge is 0.253 e. The first kappa shape index (κ1) is 15.5. The Kier molecular flexibility index (Phi) is 6.62. The number of anilines is 1. The molecule has 0 atom stereocenters. The minimum Gasteiger partial charge on any atom is -0.361 e. The van der Waals surface area contributed by atoms with Crippen LogP contribution in [0.15, 0.2) is 18.3 Å². The van der Waals surface area contributed by atoms with Crippen LogP contribution in [-0.2, 0) is 4.79 Å². The third kappa shape index (κ3) is 5.40. The molecule has 0 aliphatic carbocycles. The molecule has 1 heterocycles. The number of hydrogen-bond donors (Lipinski definition) is 3. The fourth-order valence-corrected chi connectivity index (χ4v) is 1.36. The maximum atomic E-state index is 11.6. The molecule has 0 aliphatic heterocycles. The van der Waals surface area contributed by atoms with Crippen LogP contribution in [0.25, 0.3) is 0 Å². The van der Waals surface area contributed by atoms with Gasteiger partial charge in [0.05, 0.1) is 18.7 Å². The minimum atomic E-state index is -0.275. The second kappa shape index (κ2) is 8.53. The highest BCUT2D eigenvalue weighted by atomic mass is 16.2. The first-order valence-electron chi connectivity index (χ1n) is 6.35. The Bertz CT molecular complexity index is 491. The molecule has 0 unspecified atom stereocenters. The average Bonchev–Trinajstić information content (AvgIpc) is 2.49. The number of nitrogens with one attached hydrogen (secondary N) is 3. The van der Waals surface area contributed by atoms with Gasteiger partial charge in [-0.05, 0) is 18.6 Å². The summed E-state index contributed by atoms with van der Waals surface area (Å²) in [5.41, 5.74) is 0.418. The van der Waals surface area contributed by atoms with Crippen LogP contribution in [0.2, 0.25) is 0 Å². The predicted molar refractivity (Wildman–Crippen MR) is 77.2 cm³/mol. The van der Waals surface area contributed by atoms with Crippen molar-refractivity contribution in [3.8, 4) is 12.3 Å². The number of pyridine rings is 1. The number of aromatic nitrogens is 1. The number of hydrogen-bond acceptors (Lipinski definition) is 4. The van der Waals surface area contributed by atoms with Gasteiger partial charge in [0.1, 0.15) is 5.82 Å². The Morgan fingerprint density at radius 1 is 1.35 bits per heavy atom. The summed E-state index contributed by atoms with van der Waals surface area (Å²) in [7, 11) is 0. The molecule has 6 heteroatoms. The topological polar surface area (TPSA) is 83.1 Å². The summed E-state index contributed by atoms with van der Waals surface area (Å²) in [6.45, 7) is 2.97. The Morgan fingerprint density at radius 3 is 2.75 bits per heavy atom. The van der Waals surface area contributed by atoms with E-state index in [1.54, 1.807) is 12.1 Å². The highest BCUT2D eigenvalue weighted by molar-refractivity contribution is 5.94. The molecule has 1 aromatic rings. The minimum absolute atomic E-state index is 0.0931. The third-order valence-electron chi connectivity index (χ3n) is 2.38. The van der Waals surface area contributed by atoms with Crippen LogP contribution in [0, 0.1) is 12.3 Å². The van der Waals surface area contributed by atoms with E-state index in [9.17, 15) is 9.59 Å². The number of rotatable bonds is 7. The maximum absolute atomic E-state index is 11.6. The summed E-state index contributed by atoms with van der Waals surface area (Å²) in [4.78, 5) is 27.0. The highest BCUT2D eigenvalue weighted by Crippen LogP contribution is 2.04. The largest absolute Gasteiger partial charge is 0.361 e. The van der Waals surface area contributed by atoms with Gasteiger partial charge in [-0.1, -0.05) is 12.8 Å². The molecule has 1 rings (SSSR count). The van der Waals surface area contributed by atoms with Gasteiger partial charge in [0.15, 0.2) is 0 Å². The van der Waals surface area contributed by atoms with Crippen molar-refractivity contribution < 1.29 is 9.59 Å². The molecular weight excluding hydrogens is 256 g/mol. The lowest BCUT2D eigenvalue weighted by Gasteiger charge is -2.07. The van der Waals surface area contributed by atoms with E-state index in [0.717, 1.165) is 6.42 Å². The van der Waals surface area contributed by atoms with Gasteiger partial charge < -0.3 is 16.0 Å². The molecule has 0 aromatic carbocycles. The van der Waals surface area contributed by atoms with Crippen molar-refractivity contribution in [2.45, 2.75) is 13.3 Å². The number of carbonyl (C=O) groups excluding carboxylic acids is 2. The Morgan fingerprint density at radius 2 is 2.15 bits per heavy atom. The van der Waals surface area contributed by atoms with Crippen molar-refractivity contribution in [1.82, 2.24) is 15.6 Å². The van der Waals surface area contributed by atoms with Gasteiger partial charge in [-0.15, -0.1) is 6.42 Å². The predicted octanol–water partition coefficient (Wildman–Crippen LogP) is 0.383. The first-order chi connectivity index (χ1) is 9.67. The first-order valence-corrected chi connectivity index (χ1v) is 6.35. The van der Waals surface area contributed by atoms with E-state index >= 15 is 0 Å². The molecule has 20 heavy (non-hydrogen) atoms. The second-order valence-corrected chi connectivity index (χ2v) is 4.02. The molecule has 0 spiro atoms. The van der Waals surface area contributed by atoms with Crippen LogP contribution in [0.1, 0.15) is 23.7 Å². The van der Waals surface area contributed by atoms with Crippen LogP contribution in [-0.4, -0.2) is 36.4 Å². The molecular formula is C14H18N4O2. The summed E-state index contributed by atoms with van der Waals surface area (Å²) >= 11 is 0. The fourth-order valence-electron chi connectivity index (χ4n) is 1.36. The van der Waals surface area contributed by atoms with Crippen LogP contribution in [0.4, 0.5) is 5.82 Å². The zero-order valence-corrected chi connectivity index (χ0v) is 11.4. The molecule has 2 amide bonds. The van der Waals surface area contributed by atoms with E-state index in [1.165, 1.54) is 6.20 Å². The van der Waals surface area contributed by atoms with Gasteiger partial charge >= 0.3 is 0 Å². The highest BCUT2D eigenvalue weighted by Gasteiger charge is 2.05. The van der Waals surface area contributed by atoms with E-state index in [4.69, 9.17) is 6.42 Å². The van der Waals surface area contributed by atoms with Crippen molar-refractivity contribution in [2.24, 2.45) is 0 Å². The van der Waals surface area contributed by atoms with E-state index < -0.39 is 0 Å². The van der Waals surface area contributed by atoms with Crippen LogP contribution < -0.4 is 16.0 Å². The monoisotopic (exact) mass is 274 g/mol. The van der Waals surface area contributed by atoms with Crippen molar-refractivity contribution in [2.75, 3.05) is 25.0 Å². The molecule has 0 bridgehead atoms. The van der Waals surface area contributed by atoms with Crippen molar-refractivity contribution >= 4 is 17.6 Å². The Hall–Kier alpha value is -2.55. The van der Waals surface area contributed by atoms with Crippen molar-refractivity contribution in [3.05, 3.63) is 23.9 Å². The molecule has 3 N–H and O–H groups in total. The van der Waals surface area contributed by atoms with E-state index in [2.05, 4.69) is 26.9 Å². The Labute approximate surface area is 118 Å². The average molecular weight is 274 g/mol. The fraction of sp³-hybridized carbons (Fsp3) is 0.357. The summed E-state index contributed by atoms with van der Waals surface area (Å²) < 4.78 is 0. The quantitative estimate of drug-likeness (QED) is 0.628. The van der Waals surface area contributed by atoms with Gasteiger partial charge in [-0.25, -0.2) is 4.98 Å². The normalized spacial score (nSPS) is 9.40. The number of amides is 2. The number of terminal acetylenes is 1. The van der Waals surface area contributed by atoms with Crippen LogP contribution in [0.3, 0.4) is 0 Å². The SMILES string of the molecule is C#CCNC(=O)c1ccc(NCC(=O)NCCC)nc1. The van der Waals surface area contributed by atoms with Crippen molar-refractivity contribution in [3.63, 3.8) is 0 Å². The van der Waals surface area contributed by atoms with E-state index in [-0.39, 0.29) is 24.9 Å². The lowest BCUT2D eigenvalue weighted by molar-refractivity contribution is -0.119. The summed E-state index contributed by atoms with van der Waals surface area (Å²) in [5, 5.41) is 8.16. The van der Waals surface area contributed by atoms with Gasteiger partial charge in [-0.3, -0.25) is 9.59 Å². The van der Waals surface area contributed by atoms with Crippen LogP contribution >= 0.6 is 0 Å². The van der Waals surface area contributed by atoms with Crippen LogP contribution in [0.5, 0.6) is 0 Å². The zero-order chi connectivity index (χ0) is 14.8. The summed E-state index contributed by atoms with van der Waals surface area (Å²) in [6.07, 6.45) is 7.38. The third-order valence-corrected chi connectivity index (χ3v) is 2.38. The maximum Gasteiger partial charge on any atom is 0.253 e. The lowest BCUT2D eigenvalue weighted by atomic mass is 10.2. The second-order valence-electron chi connectivity index (χ2n) is 4.02. The molecule has 0 radical (unpaired) electrons. The molecule has 106 valence electrons. The van der Waals surface area contributed by atoms with Gasteiger partial charge in [0, 0.05) is 12.7 Å². The molecule has 0 saturated heterocycles. The molecule has 0 fully saturated rings. The Balaban J connectivity index is 2.44. The summed E-state index contributed by atoms with van der Waals surface area (Å²) in [6, 6.07) is 3.25. The zero-order valence-electron chi connectivity index (χ0n) is 11.4. The van der Waals surface area contributed by atoms with Gasteiger partial charge in [0.2, 0.25) is 5.91 Å². The van der Waals surface area contributed by atoms with Gasteiger partial charge in [0.25, 0.3) is 5.91 Å². The number of carbonyl (C=O) groups is 2. The van der Waals surface area contributed by atoms with Crippen molar-refractivity contribution in [1.29, 1.82) is 0 Å². The standard InChI is InChI=1S/C14H18N4O2/c1-3-7-15-13(19)10-18-12-6-5-11(9-17-12)14(20)16-8-4-2/h2,5-6,9H,3,7-8,10H2,1H3,(H,15,19)(H,16,20)(H,17,18).